The van der Waals surface area contributed by atoms with Gasteiger partial charge in [-0.25, -0.2) is 0 Å². The number of nitrogens with zero attached hydrogens (tertiary/aromatic N) is 1. The van der Waals surface area contributed by atoms with Crippen LogP contribution in [0.3, 0.4) is 0 Å². The Labute approximate surface area is 210 Å². The van der Waals surface area contributed by atoms with E-state index in [1.54, 1.807) is 60.7 Å². The van der Waals surface area contributed by atoms with Gasteiger partial charge in [0, 0.05) is 25.8 Å². The van der Waals surface area contributed by atoms with Crippen LogP contribution in [0.2, 0.25) is 10.0 Å². The van der Waals surface area contributed by atoms with Crippen LogP contribution in [0.5, 0.6) is 11.5 Å². The van der Waals surface area contributed by atoms with Crippen molar-refractivity contribution >= 4 is 56.8 Å². The largest absolute Gasteiger partial charge is 0.490 e. The molecule has 3 rings (SSSR count). The third kappa shape index (κ3) is 7.00. The van der Waals surface area contributed by atoms with E-state index in [0.29, 0.717) is 39.4 Å². The highest BCUT2D eigenvalue weighted by molar-refractivity contribution is 9.10. The molecule has 0 aliphatic carbocycles. The average Bonchev–Trinajstić information content (AvgIpc) is 2.79. The molecule has 5 nitrogen and oxygen atoms in total. The Kier molecular flexibility index (Phi) is 8.79. The van der Waals surface area contributed by atoms with Crippen LogP contribution in [-0.2, 0) is 11.4 Å². The summed E-state index contributed by atoms with van der Waals surface area (Å²) in [5.74, 6) is 0.496. The molecule has 1 amide bonds. The fraction of sp³-hybridized carbons (Fsp3) is 0.120. The van der Waals surface area contributed by atoms with Crippen LogP contribution in [0.1, 0.15) is 18.1 Å². The van der Waals surface area contributed by atoms with Gasteiger partial charge in [-0.2, -0.15) is 5.26 Å². The molecule has 168 valence electrons. The molecule has 0 aliphatic heterocycles. The molecule has 0 atom stereocenters. The number of ether oxygens (including phenoxy) is 2. The second-order valence-corrected chi connectivity index (χ2v) is 8.55. The number of benzene rings is 3. The fourth-order valence-corrected chi connectivity index (χ4v) is 3.57. The second-order valence-electron chi connectivity index (χ2n) is 6.79. The highest BCUT2D eigenvalue weighted by Gasteiger charge is 2.12. The first kappa shape index (κ1) is 24.7. The van der Waals surface area contributed by atoms with Crippen LogP contribution in [0.25, 0.3) is 6.08 Å². The zero-order valence-corrected chi connectivity index (χ0v) is 20.7. The van der Waals surface area contributed by atoms with Gasteiger partial charge in [-0.1, -0.05) is 51.3 Å². The Hall–Kier alpha value is -2.98. The molecule has 1 N–H and O–H groups in total. The normalized spacial score (nSPS) is 10.9. The number of anilines is 1. The second kappa shape index (κ2) is 11.8. The smallest absolute Gasteiger partial charge is 0.266 e. The van der Waals surface area contributed by atoms with Crippen molar-refractivity contribution in [2.45, 2.75) is 13.5 Å². The molecule has 0 aromatic heterocycles. The lowest BCUT2D eigenvalue weighted by atomic mass is 10.1. The van der Waals surface area contributed by atoms with Crippen LogP contribution in [-0.4, -0.2) is 12.5 Å². The lowest BCUT2D eigenvalue weighted by molar-refractivity contribution is -0.112. The van der Waals surface area contributed by atoms with Crippen molar-refractivity contribution in [3.63, 3.8) is 0 Å². The predicted molar refractivity (Wildman–Crippen MR) is 135 cm³/mol. The highest BCUT2D eigenvalue weighted by Crippen LogP contribution is 2.31. The molecular formula is C25H19BrCl2N2O3. The Morgan fingerprint density at radius 2 is 1.82 bits per heavy atom. The first-order valence-corrected chi connectivity index (χ1v) is 11.5. The van der Waals surface area contributed by atoms with Gasteiger partial charge < -0.3 is 14.8 Å². The van der Waals surface area contributed by atoms with E-state index in [1.807, 2.05) is 13.0 Å². The van der Waals surface area contributed by atoms with Crippen LogP contribution >= 0.6 is 39.1 Å². The van der Waals surface area contributed by atoms with Gasteiger partial charge in [-0.05, 0) is 67.1 Å². The summed E-state index contributed by atoms with van der Waals surface area (Å²) in [5, 5.41) is 13.3. The van der Waals surface area contributed by atoms with E-state index in [-0.39, 0.29) is 12.2 Å². The van der Waals surface area contributed by atoms with E-state index >= 15 is 0 Å². The number of rotatable bonds is 8. The van der Waals surface area contributed by atoms with E-state index in [4.69, 9.17) is 32.7 Å². The molecule has 3 aromatic rings. The molecule has 0 fully saturated rings. The standard InChI is InChI=1S/C25H19BrCl2N2O3/c1-2-32-24-12-16(3-10-23(24)33-15-17-4-7-20(27)13-22(17)28)11-18(14-29)25(31)30-21-8-5-19(26)6-9-21/h3-13H,2,15H2,1H3,(H,30,31)/b18-11-. The van der Waals surface area contributed by atoms with Crippen molar-refractivity contribution in [1.29, 1.82) is 5.26 Å². The Balaban J connectivity index is 1.78. The minimum atomic E-state index is -0.504. The van der Waals surface area contributed by atoms with Gasteiger partial charge in [0.1, 0.15) is 18.2 Å². The molecule has 0 saturated heterocycles. The summed E-state index contributed by atoms with van der Waals surface area (Å²) in [4.78, 5) is 12.5. The number of hydrogen-bond acceptors (Lipinski definition) is 4. The maximum Gasteiger partial charge on any atom is 0.266 e. The quantitative estimate of drug-likeness (QED) is 0.238. The zero-order valence-electron chi connectivity index (χ0n) is 17.6. The molecule has 0 radical (unpaired) electrons. The third-order valence-electron chi connectivity index (χ3n) is 4.44. The number of carbonyl (C=O) groups is 1. The molecule has 0 bridgehead atoms. The van der Waals surface area contributed by atoms with Crippen LogP contribution in [0.15, 0.2) is 70.7 Å². The topological polar surface area (TPSA) is 71.3 Å². The van der Waals surface area contributed by atoms with Crippen molar-refractivity contribution in [3.05, 3.63) is 91.9 Å². The first-order valence-electron chi connectivity index (χ1n) is 9.92. The molecule has 8 heteroatoms. The molecule has 0 spiro atoms. The maximum atomic E-state index is 12.5. The lowest BCUT2D eigenvalue weighted by Crippen LogP contribution is -2.13. The minimum absolute atomic E-state index is 0.0398. The number of nitrogens with one attached hydrogen (secondary N) is 1. The maximum absolute atomic E-state index is 12.5. The summed E-state index contributed by atoms with van der Waals surface area (Å²) in [6, 6.07) is 19.4. The molecule has 0 aliphatic rings. The lowest BCUT2D eigenvalue weighted by Gasteiger charge is -2.13. The minimum Gasteiger partial charge on any atom is -0.490 e. The van der Waals surface area contributed by atoms with Crippen molar-refractivity contribution in [1.82, 2.24) is 0 Å². The third-order valence-corrected chi connectivity index (χ3v) is 5.56. The summed E-state index contributed by atoms with van der Waals surface area (Å²) in [6.07, 6.45) is 1.50. The highest BCUT2D eigenvalue weighted by atomic mass is 79.9. The van der Waals surface area contributed by atoms with E-state index in [0.717, 1.165) is 10.0 Å². The first-order chi connectivity index (χ1) is 15.9. The van der Waals surface area contributed by atoms with Gasteiger partial charge in [0.05, 0.1) is 6.61 Å². The van der Waals surface area contributed by atoms with Crippen molar-refractivity contribution < 1.29 is 14.3 Å². The van der Waals surface area contributed by atoms with E-state index in [9.17, 15) is 10.1 Å². The van der Waals surface area contributed by atoms with E-state index in [2.05, 4.69) is 21.2 Å². The van der Waals surface area contributed by atoms with E-state index < -0.39 is 5.91 Å². The molecule has 0 heterocycles. The number of nitriles is 1. The van der Waals surface area contributed by atoms with Gasteiger partial charge in [0.25, 0.3) is 5.91 Å². The molecule has 3 aromatic carbocycles. The van der Waals surface area contributed by atoms with Crippen molar-refractivity contribution in [2.24, 2.45) is 0 Å². The van der Waals surface area contributed by atoms with Gasteiger partial charge in [-0.15, -0.1) is 0 Å². The Bertz CT molecular complexity index is 1220. The van der Waals surface area contributed by atoms with E-state index in [1.165, 1.54) is 6.08 Å². The van der Waals surface area contributed by atoms with Gasteiger partial charge in [-0.3, -0.25) is 4.79 Å². The zero-order chi connectivity index (χ0) is 23.8. The molecule has 0 saturated carbocycles. The molecule has 33 heavy (non-hydrogen) atoms. The number of carbonyl (C=O) groups excluding carboxylic acids is 1. The Morgan fingerprint density at radius 1 is 1.06 bits per heavy atom. The monoisotopic (exact) mass is 544 g/mol. The van der Waals surface area contributed by atoms with Crippen LogP contribution < -0.4 is 14.8 Å². The van der Waals surface area contributed by atoms with Crippen LogP contribution in [0.4, 0.5) is 5.69 Å². The number of halogens is 3. The van der Waals surface area contributed by atoms with Crippen molar-refractivity contribution in [3.8, 4) is 17.6 Å². The summed E-state index contributed by atoms with van der Waals surface area (Å²) >= 11 is 15.5. The number of hydrogen-bond donors (Lipinski definition) is 1. The summed E-state index contributed by atoms with van der Waals surface area (Å²) in [7, 11) is 0. The van der Waals surface area contributed by atoms with Gasteiger partial charge >= 0.3 is 0 Å². The molecule has 0 unspecified atom stereocenters. The summed E-state index contributed by atoms with van der Waals surface area (Å²) in [6.45, 7) is 2.50. The fourth-order valence-electron chi connectivity index (χ4n) is 2.84. The van der Waals surface area contributed by atoms with Gasteiger partial charge in [0.15, 0.2) is 11.5 Å². The SMILES string of the molecule is CCOc1cc(/C=C(/C#N)C(=O)Nc2ccc(Br)cc2)ccc1OCc1ccc(Cl)cc1Cl. The average molecular weight is 546 g/mol. The molecular weight excluding hydrogens is 527 g/mol. The summed E-state index contributed by atoms with van der Waals surface area (Å²) in [5.41, 5.74) is 1.95. The predicted octanol–water partition coefficient (Wildman–Crippen LogP) is 7.28. The van der Waals surface area contributed by atoms with Crippen molar-refractivity contribution in [2.75, 3.05) is 11.9 Å². The van der Waals surface area contributed by atoms with Gasteiger partial charge in [0.2, 0.25) is 0 Å². The number of amides is 1. The van der Waals surface area contributed by atoms with Crippen LogP contribution in [0, 0.1) is 11.3 Å². The Morgan fingerprint density at radius 3 is 2.48 bits per heavy atom. The summed E-state index contributed by atoms with van der Waals surface area (Å²) < 4.78 is 12.5.